The molecule has 0 amide bonds. The lowest BCUT2D eigenvalue weighted by molar-refractivity contribution is 0.343. The van der Waals surface area contributed by atoms with Crippen molar-refractivity contribution in [2.45, 2.75) is 96.2 Å². The maximum absolute atomic E-state index is 4.88. The number of fused-ring (bicyclic) bond motifs is 22. The van der Waals surface area contributed by atoms with Gasteiger partial charge in [-0.1, -0.05) is 321 Å². The van der Waals surface area contributed by atoms with Crippen LogP contribution in [0, 0.1) is 0 Å². The van der Waals surface area contributed by atoms with Gasteiger partial charge in [-0.3, -0.25) is 0 Å². The molecule has 1 nitrogen and oxygen atoms in total. The van der Waals surface area contributed by atoms with Crippen LogP contribution in [0.4, 0.5) is 11.4 Å². The van der Waals surface area contributed by atoms with Gasteiger partial charge in [0.05, 0.1) is 5.41 Å². The lowest BCUT2D eigenvalue weighted by atomic mass is 9.60. The van der Waals surface area contributed by atoms with Crippen molar-refractivity contribution in [1.82, 2.24) is 0 Å². The molecule has 1 saturated carbocycles. The van der Waals surface area contributed by atoms with Gasteiger partial charge in [0.25, 0.3) is 0 Å². The molecule has 0 N–H and O–H groups in total. The predicted molar refractivity (Wildman–Crippen MR) is 473 cm³/mol. The molecule has 1 fully saturated rings. The highest BCUT2D eigenvalue weighted by molar-refractivity contribution is 8.14. The second-order valence-electron chi connectivity index (χ2n) is 33.0. The van der Waals surface area contributed by atoms with Gasteiger partial charge in [-0.15, -0.1) is 10.5 Å². The fourth-order valence-electron chi connectivity index (χ4n) is 22.0. The number of allylic oxidation sites excluding steroid dienone is 7. The van der Waals surface area contributed by atoms with Crippen LogP contribution in [0.2, 0.25) is 0 Å². The first-order chi connectivity index (χ1) is 55.8. The first-order valence-corrected chi connectivity index (χ1v) is 42.2. The minimum absolute atomic E-state index is 0.0561. The average Bonchev–Trinajstić information content (AvgIpc) is 1.54. The molecule has 7 aliphatic carbocycles. The fraction of sp³-hybridized carbons (Fsp3) is 0.126. The van der Waals surface area contributed by atoms with E-state index in [0.717, 1.165) is 25.7 Å². The largest absolute Gasteiger partial charge is 0.311 e. The van der Waals surface area contributed by atoms with E-state index in [0.29, 0.717) is 11.8 Å². The van der Waals surface area contributed by atoms with E-state index >= 15 is 0 Å². The van der Waals surface area contributed by atoms with Crippen molar-refractivity contribution in [2.24, 2.45) is 0 Å². The van der Waals surface area contributed by atoms with Crippen molar-refractivity contribution in [3.8, 4) is 66.8 Å². The molecule has 1 spiro atoms. The maximum atomic E-state index is 4.88. The Morgan fingerprint density at radius 3 is 1.87 bits per heavy atom. The molecule has 5 atom stereocenters. The van der Waals surface area contributed by atoms with Crippen LogP contribution in [0.1, 0.15) is 141 Å². The van der Waals surface area contributed by atoms with Crippen molar-refractivity contribution in [2.75, 3.05) is 4.90 Å². The number of para-hydroxylation sites is 1. The molecule has 4 unspecified atom stereocenters. The second kappa shape index (κ2) is 26.1. The highest BCUT2D eigenvalue weighted by atomic mass is 32.2. The first kappa shape index (κ1) is 66.3. The van der Waals surface area contributed by atoms with Gasteiger partial charge in [0.2, 0.25) is 0 Å². The normalized spacial score (nSPS) is 20.2. The smallest absolute Gasteiger partial charge is 0.0695 e. The fourth-order valence-corrected chi connectivity index (χ4v) is 23.7. The summed E-state index contributed by atoms with van der Waals surface area (Å²) in [5.74, 6) is 6.11. The van der Waals surface area contributed by atoms with Crippen molar-refractivity contribution in [1.29, 1.82) is 0 Å². The minimum Gasteiger partial charge on any atom is -0.311 e. The lowest BCUT2D eigenvalue weighted by Gasteiger charge is -2.44. The van der Waals surface area contributed by atoms with Gasteiger partial charge in [0.1, 0.15) is 0 Å². The number of benzene rings is 15. The summed E-state index contributed by atoms with van der Waals surface area (Å²) < 4.78 is 0. The Labute approximate surface area is 665 Å². The molecule has 0 bridgehead atoms. The molecule has 8 aliphatic rings. The van der Waals surface area contributed by atoms with Crippen LogP contribution >= 0.6 is 10.5 Å². The molecule has 0 radical (unpaired) electrons. The van der Waals surface area contributed by atoms with E-state index in [1.807, 2.05) is 0 Å². The summed E-state index contributed by atoms with van der Waals surface area (Å²) in [4.78, 5) is 5.26. The second-order valence-corrected chi connectivity index (χ2v) is 34.6. The summed E-state index contributed by atoms with van der Waals surface area (Å²) in [6.07, 6.45) is 17.4. The number of rotatable bonds is 12. The van der Waals surface area contributed by atoms with Crippen molar-refractivity contribution in [3.05, 3.63) is 459 Å². The van der Waals surface area contributed by atoms with E-state index in [2.05, 4.69) is 376 Å². The van der Waals surface area contributed by atoms with Crippen LogP contribution < -0.4 is 4.90 Å². The van der Waals surface area contributed by atoms with Crippen LogP contribution in [-0.4, -0.2) is 5.87 Å². The van der Waals surface area contributed by atoms with Gasteiger partial charge in [-0.25, -0.2) is 0 Å². The van der Waals surface area contributed by atoms with Gasteiger partial charge in [0.15, 0.2) is 0 Å². The number of nitrogens with zero attached hydrogens (tertiary/aromatic N) is 1. The highest BCUT2D eigenvalue weighted by Crippen LogP contribution is 2.67. The minimum atomic E-state index is -0.442. The molecule has 15 aromatic carbocycles. The molecule has 0 aromatic heterocycles. The van der Waals surface area contributed by atoms with Crippen LogP contribution in [0.25, 0.3) is 83.1 Å². The van der Waals surface area contributed by atoms with Gasteiger partial charge < -0.3 is 4.90 Å². The summed E-state index contributed by atoms with van der Waals surface area (Å²) >= 11 is 0. The van der Waals surface area contributed by atoms with E-state index in [4.69, 9.17) is 5.87 Å². The van der Waals surface area contributed by atoms with Crippen molar-refractivity contribution in [3.63, 3.8) is 0 Å². The Kier molecular flexibility index (Phi) is 15.3. The van der Waals surface area contributed by atoms with Crippen LogP contribution in [-0.2, 0) is 23.7 Å². The molecule has 113 heavy (non-hydrogen) atoms. The third-order valence-corrected chi connectivity index (χ3v) is 29.2. The van der Waals surface area contributed by atoms with Crippen molar-refractivity contribution >= 4 is 44.1 Å². The third-order valence-electron chi connectivity index (χ3n) is 27.4. The summed E-state index contributed by atoms with van der Waals surface area (Å²) in [7, 11) is -0.310. The lowest BCUT2D eigenvalue weighted by Crippen LogP contribution is -2.34. The Morgan fingerprint density at radius 2 is 1.09 bits per heavy atom. The van der Waals surface area contributed by atoms with Gasteiger partial charge >= 0.3 is 0 Å². The SMILES string of the molecule is C=S1c2ccccc2C2(C3=CC(N(c4ccccc4)c4ccc5c(c4)C4CCC4c4ccc(-c6ccccc6-c6ccccc6-c6cccc(CC(c7ccc(-c8ccc9c(c8)C8=C(CCC=C8)C9)cc7)c7ccc8c(c7)[C@](C)(c7ccccc7)c7ccc9ccccc9c7-8)c6)cc4-5)=CCC3c3ccccc32)c2ccccc21. The van der Waals surface area contributed by atoms with E-state index in [-0.39, 0.29) is 27.7 Å². The zero-order chi connectivity index (χ0) is 74.6. The summed E-state index contributed by atoms with van der Waals surface area (Å²) in [6.45, 7) is 2.47. The highest BCUT2D eigenvalue weighted by Gasteiger charge is 2.55. The average molecular weight is 1460 g/mol. The summed E-state index contributed by atoms with van der Waals surface area (Å²) in [5, 5.41) is 2.58. The van der Waals surface area contributed by atoms with E-state index < -0.39 is 5.41 Å². The van der Waals surface area contributed by atoms with E-state index in [1.165, 1.54) is 213 Å². The standard InChI is InChI=1S/C111H83NS/c1-110(80-28-5-3-6-29-80)104-61-52-72-25-9-12-35-87(72)109(104)96-56-51-79(67-105(96)110)97(73-46-44-71(45-47-73)74-48-49-77-64-76-26-10-11-34-86(76)98(77)65-74)63-70-24-23-27-75(62-70)84-32-13-15-36-88(84)89-37-16-14-33-85(89)78-50-55-91-90-59-60-92(90)100-68-82(53-57-93(100)99(91)66-78)112(81-30-7-4-8-31-81)83-54-58-95-94-38-17-18-39-101(94)111(106(95)69-83)102-40-19-21-42-107(102)113(2)108-43-22-20-41-103(108)111/h3-9,11-25,27-57,61-62,65-69,90,92,95,97H,2,10,26,58-60,63-64H2,1H3/t90?,92?,95?,97?,110-,111?,113?/m1/s1. The van der Waals surface area contributed by atoms with Crippen LogP contribution in [0.5, 0.6) is 0 Å². The van der Waals surface area contributed by atoms with Gasteiger partial charge in [0, 0.05) is 44.1 Å². The Hall–Kier alpha value is -12.5. The molecule has 15 aromatic rings. The van der Waals surface area contributed by atoms with Crippen molar-refractivity contribution < 1.29 is 0 Å². The molecular formula is C111H83NS. The monoisotopic (exact) mass is 1460 g/mol. The Morgan fingerprint density at radius 1 is 0.442 bits per heavy atom. The number of hydrogen-bond donors (Lipinski definition) is 0. The number of hydrogen-bond acceptors (Lipinski definition) is 1. The van der Waals surface area contributed by atoms with Crippen LogP contribution in [0.15, 0.2) is 391 Å². The maximum Gasteiger partial charge on any atom is 0.0695 e. The van der Waals surface area contributed by atoms with Gasteiger partial charge in [-0.2, -0.15) is 0 Å². The quantitative estimate of drug-likeness (QED) is 0.110. The summed E-state index contributed by atoms with van der Waals surface area (Å²) in [5.41, 5.74) is 42.1. The topological polar surface area (TPSA) is 3.24 Å². The van der Waals surface area contributed by atoms with E-state index in [9.17, 15) is 0 Å². The Bertz CT molecular complexity index is 6610. The van der Waals surface area contributed by atoms with Gasteiger partial charge in [-0.05, 0) is 285 Å². The molecule has 1 aliphatic heterocycles. The van der Waals surface area contributed by atoms with Crippen LogP contribution in [0.3, 0.4) is 0 Å². The molecule has 23 rings (SSSR count). The molecule has 1 heterocycles. The first-order valence-electron chi connectivity index (χ1n) is 40.8. The molecule has 2 heteroatoms. The summed E-state index contributed by atoms with van der Waals surface area (Å²) in [6, 6.07) is 131. The Balaban J connectivity index is 0.601. The molecular weight excluding hydrogens is 1380 g/mol. The zero-order valence-electron chi connectivity index (χ0n) is 63.5. The zero-order valence-corrected chi connectivity index (χ0v) is 64.3. The molecule has 538 valence electrons. The van der Waals surface area contributed by atoms with E-state index in [1.54, 1.807) is 5.57 Å². The third kappa shape index (κ3) is 10.1. The molecule has 0 saturated heterocycles. The number of anilines is 2. The predicted octanol–water partition coefficient (Wildman–Crippen LogP) is 28.4.